The summed E-state index contributed by atoms with van der Waals surface area (Å²) in [5, 5.41) is 30.3. The van der Waals surface area contributed by atoms with Gasteiger partial charge in [0.05, 0.1) is 107 Å². The number of aromatic nitrogens is 9. The first-order valence-corrected chi connectivity index (χ1v) is 39.0. The Bertz CT molecular complexity index is 5630. The Labute approximate surface area is 660 Å². The molecule has 2 amide bonds. The Hall–Kier alpha value is -11.6. The van der Waals surface area contributed by atoms with Crippen molar-refractivity contribution in [1.82, 2.24) is 64.1 Å². The summed E-state index contributed by atoms with van der Waals surface area (Å²) in [5.41, 5.74) is 18.0. The molecule has 0 bridgehead atoms. The molecule has 4 fully saturated rings. The molecular weight excluding hydrogens is 1440 g/mol. The maximum Gasteiger partial charge on any atom is 0.254 e. The fourth-order valence-corrected chi connectivity index (χ4v) is 16.9. The summed E-state index contributed by atoms with van der Waals surface area (Å²) in [6, 6.07) is 33.7. The first-order chi connectivity index (χ1) is 54.6. The molecule has 4 saturated heterocycles. The fraction of sp³-hybridized carbons (Fsp3) is 0.352. The van der Waals surface area contributed by atoms with Crippen molar-refractivity contribution in [3.63, 3.8) is 0 Å². The van der Waals surface area contributed by atoms with Gasteiger partial charge in [0.15, 0.2) is 5.78 Å². The second-order valence-corrected chi connectivity index (χ2v) is 31.9. The van der Waals surface area contributed by atoms with Crippen molar-refractivity contribution in [2.45, 2.75) is 123 Å². The molecule has 1 aliphatic carbocycles. The topological polar surface area (TPSA) is 263 Å². The number of β-amino-alcohol motifs (C(OH)–C–C–N with tert-alkyl or cyclic N) is 1. The zero-order valence-corrected chi connectivity index (χ0v) is 64.5. The van der Waals surface area contributed by atoms with Gasteiger partial charge >= 0.3 is 0 Å². The van der Waals surface area contributed by atoms with Gasteiger partial charge in [0, 0.05) is 137 Å². The van der Waals surface area contributed by atoms with E-state index >= 15 is 0 Å². The van der Waals surface area contributed by atoms with Crippen LogP contribution >= 0.6 is 0 Å². The van der Waals surface area contributed by atoms with Crippen LogP contribution in [0.4, 0.5) is 54.7 Å². The Balaban J connectivity index is 0.000000129. The van der Waals surface area contributed by atoms with Gasteiger partial charge in [-0.25, -0.2) is 38.7 Å². The highest BCUT2D eigenvalue weighted by molar-refractivity contribution is 6.10. The molecule has 2 atom stereocenters. The average Bonchev–Trinajstić information content (AvgIpc) is 1.59. The summed E-state index contributed by atoms with van der Waals surface area (Å²) in [7, 11) is 2.00. The van der Waals surface area contributed by atoms with Crippen molar-refractivity contribution >= 4 is 85.8 Å². The summed E-state index contributed by atoms with van der Waals surface area (Å²) >= 11 is 0. The van der Waals surface area contributed by atoms with E-state index < -0.39 is 0 Å². The summed E-state index contributed by atoms with van der Waals surface area (Å²) in [4.78, 5) is 72.8. The molecule has 6 aliphatic heterocycles. The van der Waals surface area contributed by atoms with Crippen LogP contribution in [0, 0.1) is 17.0 Å². The number of piperidine rings is 1. The Morgan fingerprint density at radius 3 is 1.62 bits per heavy atom. The number of fused-ring (bicyclic) bond motifs is 6. The highest BCUT2D eigenvalue weighted by Crippen LogP contribution is 2.43. The van der Waals surface area contributed by atoms with Crippen molar-refractivity contribution in [2.75, 3.05) is 91.3 Å². The zero-order chi connectivity index (χ0) is 78.0. The maximum atomic E-state index is 13.7. The number of pyridine rings is 6. The van der Waals surface area contributed by atoms with Crippen LogP contribution in [0.3, 0.4) is 0 Å². The minimum absolute atomic E-state index is 0. The number of ketones is 1. The number of ether oxygens (including phenoxy) is 2. The van der Waals surface area contributed by atoms with Crippen molar-refractivity contribution in [3.05, 3.63) is 216 Å². The van der Waals surface area contributed by atoms with Crippen LogP contribution in [-0.4, -0.2) is 160 Å². The number of anilines is 8. The summed E-state index contributed by atoms with van der Waals surface area (Å²) in [6.45, 7) is 22.1. The van der Waals surface area contributed by atoms with E-state index in [-0.39, 0.29) is 71.3 Å². The highest BCUT2D eigenvalue weighted by Gasteiger charge is 2.45. The van der Waals surface area contributed by atoms with Crippen LogP contribution in [0.5, 0.6) is 0 Å². The molecule has 12 aromatic rings. The zero-order valence-electron chi connectivity index (χ0n) is 64.5. The summed E-state index contributed by atoms with van der Waals surface area (Å²) in [6.07, 6.45) is 20.8. The number of nitrogens with one attached hydrogen (secondary N) is 6. The van der Waals surface area contributed by atoms with E-state index in [0.717, 1.165) is 155 Å². The number of nitrogens with zero attached hydrogens (tertiary/aromatic N) is 12. The Morgan fingerprint density at radius 2 is 1.10 bits per heavy atom. The van der Waals surface area contributed by atoms with E-state index in [1.165, 1.54) is 29.8 Å². The predicted octanol–water partition coefficient (Wildman–Crippen LogP) is 14.1. The molecule has 3 aromatic carbocycles. The largest absolute Gasteiger partial charge is 0.390 e. The number of likely N-dealkylation sites (tertiary alicyclic amines) is 1. The van der Waals surface area contributed by atoms with E-state index in [2.05, 4.69) is 143 Å². The van der Waals surface area contributed by atoms with E-state index in [4.69, 9.17) is 14.5 Å². The van der Waals surface area contributed by atoms with Crippen molar-refractivity contribution in [3.8, 4) is 33.6 Å². The maximum absolute atomic E-state index is 13.7. The molecule has 26 heteroatoms. The molecule has 15 heterocycles. The molecule has 9 aromatic heterocycles. The van der Waals surface area contributed by atoms with Crippen LogP contribution in [0.15, 0.2) is 165 Å². The minimum atomic E-state index is -0.348. The van der Waals surface area contributed by atoms with Crippen LogP contribution in [0.2, 0.25) is 0 Å². The van der Waals surface area contributed by atoms with E-state index in [0.29, 0.717) is 91.2 Å². The van der Waals surface area contributed by atoms with E-state index in [9.17, 15) is 28.3 Å². The number of rotatable bonds is 16. The lowest BCUT2D eigenvalue weighted by molar-refractivity contribution is -0.121. The third-order valence-electron chi connectivity index (χ3n) is 24.2. The lowest BCUT2D eigenvalue weighted by Crippen LogP contribution is -2.67. The highest BCUT2D eigenvalue weighted by atomic mass is 19.1. The summed E-state index contributed by atoms with van der Waals surface area (Å²) in [5.74, 6) is 1.27. The predicted molar refractivity (Wildman–Crippen MR) is 441 cm³/mol. The van der Waals surface area contributed by atoms with Crippen LogP contribution in [0.25, 0.3) is 56.0 Å². The number of Topliss-reactive ketones (excluding diaryl/α,β-unsaturated/α-hetero) is 1. The number of aliphatic hydroxyl groups is 1. The average molecular weight is 1540 g/mol. The molecule has 114 heavy (non-hydrogen) atoms. The molecule has 0 saturated carbocycles. The van der Waals surface area contributed by atoms with Gasteiger partial charge in [-0.15, -0.1) is 0 Å². The van der Waals surface area contributed by atoms with Gasteiger partial charge in [-0.3, -0.25) is 28.1 Å². The molecule has 0 unspecified atom stereocenters. The second-order valence-electron chi connectivity index (χ2n) is 31.9. The third-order valence-corrected chi connectivity index (χ3v) is 24.2. The third kappa shape index (κ3) is 14.6. The lowest BCUT2D eigenvalue weighted by Gasteiger charge is -2.52. The number of halogens is 2. The lowest BCUT2D eigenvalue weighted by atomic mass is 9.76. The van der Waals surface area contributed by atoms with Crippen molar-refractivity contribution in [1.29, 1.82) is 0 Å². The number of hydrogen-bond acceptors (Lipinski definition) is 19. The molecule has 24 nitrogen and oxygen atoms in total. The van der Waals surface area contributed by atoms with Gasteiger partial charge in [-0.2, -0.15) is 0 Å². The van der Waals surface area contributed by atoms with Gasteiger partial charge < -0.3 is 60.8 Å². The van der Waals surface area contributed by atoms with Crippen LogP contribution < -0.4 is 41.7 Å². The molecule has 588 valence electrons. The number of carbonyl (C=O) groups is 3. The number of aliphatic hydroxyl groups excluding tert-OH is 1. The number of aryl methyl sites for hydroxylation is 1. The standard InChI is InChI=1S/C30H32FN7O3.C29H31FN6O2.C28H29N5O.CH4/c1-30(2,37-15-20(39)16-37)25-17-36(9-10-41-25)19-3-6-26(32-12-19)35-23-5-4-21(22-13-34-29(40)28(22)23)24-14-33-27-11-18(31)7-8-38(24)27;1-4-29(2,3)24-17-35(11-12-38-24)19-5-8-25(31-14-19)34-22-7-6-20(21-15-33-28(37)27(21)22)23-16-32-26-13-18(30)9-10-36(23)26;1-28(11-14-29-15-12-28)18-3-8-25(31-17-18)32-23-6-4-19(21-5-7-24(34)26(21)23)20-9-13-30-27-22(20)10-16-33(27)2;/h3-8,11-12,14,20,25,39H,9-10,13,15-17H2,1-2H3,(H,32,35)(H,34,40);5-10,13-14,16,24H,4,11-12,15,17H2,1-3H3,(H,31,34)(H,33,37);3-4,6,8-10,13,16-17,29H,5,7,11-12,14-15H2,1-2H3,(H,31,32);1H4/t25-;24-;;/m01../s1. The minimum Gasteiger partial charge on any atom is -0.390 e. The molecule has 19 rings (SSSR count). The first kappa shape index (κ1) is 76.4. The van der Waals surface area contributed by atoms with Gasteiger partial charge in [0.25, 0.3) is 11.8 Å². The normalized spacial score (nSPS) is 18.1. The number of morpholine rings is 2. The molecule has 7 aliphatic rings. The summed E-state index contributed by atoms with van der Waals surface area (Å²) < 4.78 is 45.2. The Kier molecular flexibility index (Phi) is 20.8. The quantitative estimate of drug-likeness (QED) is 0.0474. The van der Waals surface area contributed by atoms with Crippen molar-refractivity contribution in [2.24, 2.45) is 12.5 Å². The van der Waals surface area contributed by atoms with E-state index in [1.807, 2.05) is 106 Å². The van der Waals surface area contributed by atoms with Gasteiger partial charge in [-0.05, 0) is 170 Å². The number of amides is 2. The smallest absolute Gasteiger partial charge is 0.254 e. The number of carbonyl (C=O) groups excluding carboxylic acids is 3. The SMILES string of the molecule is C.CC(C)([C@@H]1CN(c2ccc(Nc3ccc(-c4cnc5cc(F)ccn45)c4c3C(=O)NC4)nc2)CCO1)N1CC(O)C1.CCC(C)(C)[C@H]1CN(c2ccc(Nc3ccc(-c4cnc5cc(F)ccn45)c4c3C(=O)NC4)nc2)CCO1.Cn1ccc2c(-c3ccc(Nc4ccc(C5(C)CCNCC5)cn4)c4c3CCC4=O)ccnc21. The Morgan fingerprint density at radius 1 is 0.570 bits per heavy atom. The number of imidazole rings is 2. The second kappa shape index (κ2) is 31.1. The first-order valence-electron chi connectivity index (χ1n) is 39.0. The number of hydrogen-bond donors (Lipinski definition) is 7. The van der Waals surface area contributed by atoms with Crippen molar-refractivity contribution < 1.29 is 37.7 Å². The van der Waals surface area contributed by atoms with Gasteiger partial charge in [-0.1, -0.05) is 59.4 Å². The number of benzene rings is 3. The molecule has 0 radical (unpaired) electrons. The van der Waals surface area contributed by atoms with Crippen LogP contribution in [-0.2, 0) is 41.4 Å². The molecular formula is C88H96F2N18O6. The molecule has 0 spiro atoms. The fourth-order valence-electron chi connectivity index (χ4n) is 16.9. The van der Waals surface area contributed by atoms with Gasteiger partial charge in [0.2, 0.25) is 0 Å². The molecule has 7 N–H and O–H groups in total. The van der Waals surface area contributed by atoms with E-state index in [1.54, 1.807) is 24.8 Å². The van der Waals surface area contributed by atoms with Crippen LogP contribution in [0.1, 0.15) is 128 Å². The van der Waals surface area contributed by atoms with Gasteiger partial charge in [0.1, 0.15) is 46.0 Å². The monoisotopic (exact) mass is 1540 g/mol.